The summed E-state index contributed by atoms with van der Waals surface area (Å²) in [5, 5.41) is 14.0. The molecule has 1 N–H and O–H groups in total. The van der Waals surface area contributed by atoms with Crippen molar-refractivity contribution in [3.63, 3.8) is 0 Å². The maximum Gasteiger partial charge on any atom is 0.190 e. The van der Waals surface area contributed by atoms with Gasteiger partial charge in [-0.1, -0.05) is 18.2 Å². The number of benzene rings is 1. The molecular formula is C16H16FN3O2. The molecular weight excluding hydrogens is 285 g/mol. The molecule has 0 saturated carbocycles. The van der Waals surface area contributed by atoms with Crippen molar-refractivity contribution in [2.45, 2.75) is 32.4 Å². The van der Waals surface area contributed by atoms with Gasteiger partial charge in [-0.25, -0.2) is 9.24 Å². The lowest BCUT2D eigenvalue weighted by molar-refractivity contribution is -0.136. The van der Waals surface area contributed by atoms with Crippen LogP contribution in [0.25, 0.3) is 4.85 Å². The van der Waals surface area contributed by atoms with Crippen molar-refractivity contribution < 1.29 is 15.7 Å². The highest BCUT2D eigenvalue weighted by atomic mass is 19.1. The molecule has 0 aliphatic heterocycles. The summed E-state index contributed by atoms with van der Waals surface area (Å²) in [4.78, 5) is 15.6. The third-order valence-corrected chi connectivity index (χ3v) is 3.33. The zero-order chi connectivity index (χ0) is 17.2. The fraction of sp³-hybridized carbons (Fsp3) is 0.312. The van der Waals surface area contributed by atoms with Gasteiger partial charge >= 0.3 is 0 Å². The quantitative estimate of drug-likeness (QED) is 0.863. The van der Waals surface area contributed by atoms with Crippen molar-refractivity contribution >= 4 is 11.5 Å². The topological polar surface area (TPSA) is 59.5 Å². The number of ketones is 1. The van der Waals surface area contributed by atoms with Crippen molar-refractivity contribution in [1.82, 2.24) is 9.78 Å². The second-order valence-electron chi connectivity index (χ2n) is 5.37. The van der Waals surface area contributed by atoms with E-state index in [0.717, 1.165) is 17.1 Å². The number of carbonyl (C=O) groups excluding carboxylic acids is 1. The first-order valence-electron chi connectivity index (χ1n) is 7.14. The standard InChI is InChI=1S/C16H16FN3O2/c1-11-6-12(4-5-14(11)18-3)7-15(21)16(2,22)10-20-9-13(17)8-19-20/h4-6,8-9,22H,7,10H2,1-2H3/t16-/m0/s1/i4T. The number of aliphatic hydroxyl groups is 1. The van der Waals surface area contributed by atoms with Crippen LogP contribution in [0.3, 0.4) is 0 Å². The van der Waals surface area contributed by atoms with Gasteiger partial charge in [-0.15, -0.1) is 0 Å². The molecule has 2 aromatic rings. The number of hydrogen-bond donors (Lipinski definition) is 1. The van der Waals surface area contributed by atoms with Gasteiger partial charge in [-0.3, -0.25) is 9.48 Å². The SMILES string of the molecule is [3H]c1cc([N+]#[C-])c(C)cc1CC(=O)[C@@](C)(O)Cn1cc(F)cn1. The van der Waals surface area contributed by atoms with Gasteiger partial charge < -0.3 is 5.11 Å². The third kappa shape index (κ3) is 3.57. The number of aromatic nitrogens is 2. The van der Waals surface area contributed by atoms with Crippen LogP contribution >= 0.6 is 0 Å². The average Bonchev–Trinajstić information content (AvgIpc) is 2.86. The number of carbonyl (C=O) groups is 1. The number of aryl methyl sites for hydroxylation is 1. The molecule has 0 bridgehead atoms. The number of nitrogens with zero attached hydrogens (tertiary/aromatic N) is 3. The second kappa shape index (κ2) is 6.08. The molecule has 0 fully saturated rings. The van der Waals surface area contributed by atoms with E-state index >= 15 is 0 Å². The molecule has 22 heavy (non-hydrogen) atoms. The van der Waals surface area contributed by atoms with E-state index in [-0.39, 0.29) is 19.0 Å². The Morgan fingerprint density at radius 1 is 1.68 bits per heavy atom. The Balaban J connectivity index is 2.18. The maximum atomic E-state index is 12.9. The lowest BCUT2D eigenvalue weighted by Gasteiger charge is -2.21. The van der Waals surface area contributed by atoms with Crippen LogP contribution in [0.1, 0.15) is 19.4 Å². The van der Waals surface area contributed by atoms with E-state index < -0.39 is 17.2 Å². The molecule has 5 nitrogen and oxygen atoms in total. The number of halogens is 1. The molecule has 0 unspecified atom stereocenters. The van der Waals surface area contributed by atoms with Crippen LogP contribution in [0.5, 0.6) is 0 Å². The number of hydrogen-bond acceptors (Lipinski definition) is 3. The summed E-state index contributed by atoms with van der Waals surface area (Å²) in [6.45, 7) is 9.90. The van der Waals surface area contributed by atoms with Gasteiger partial charge in [0.15, 0.2) is 17.3 Å². The fourth-order valence-corrected chi connectivity index (χ4v) is 2.07. The Bertz CT molecular complexity index is 793. The second-order valence-corrected chi connectivity index (χ2v) is 5.37. The monoisotopic (exact) mass is 303 g/mol. The minimum absolute atomic E-state index is 0.0795. The van der Waals surface area contributed by atoms with E-state index in [2.05, 4.69) is 9.94 Å². The Hall–Kier alpha value is -2.52. The maximum absolute atomic E-state index is 12.9. The molecule has 1 aromatic heterocycles. The molecule has 114 valence electrons. The molecule has 1 heterocycles. The highest BCUT2D eigenvalue weighted by molar-refractivity contribution is 5.88. The Morgan fingerprint density at radius 3 is 3.00 bits per heavy atom. The highest BCUT2D eigenvalue weighted by Gasteiger charge is 2.31. The van der Waals surface area contributed by atoms with Crippen LogP contribution in [0.15, 0.2) is 30.6 Å². The van der Waals surface area contributed by atoms with E-state index in [0.29, 0.717) is 16.8 Å². The van der Waals surface area contributed by atoms with Crippen molar-refractivity contribution in [2.75, 3.05) is 0 Å². The van der Waals surface area contributed by atoms with E-state index in [1.807, 2.05) is 0 Å². The van der Waals surface area contributed by atoms with Crippen LogP contribution in [0.4, 0.5) is 10.1 Å². The van der Waals surface area contributed by atoms with Crippen LogP contribution in [-0.4, -0.2) is 26.3 Å². The molecule has 1 atom stereocenters. The Morgan fingerprint density at radius 2 is 2.41 bits per heavy atom. The molecule has 0 saturated heterocycles. The zero-order valence-electron chi connectivity index (χ0n) is 13.3. The number of Topliss-reactive ketones (excluding diaryl/α,β-unsaturated/α-hetero) is 1. The minimum atomic E-state index is -1.74. The summed E-state index contributed by atoms with van der Waals surface area (Å²) in [6.07, 6.45) is 1.94. The minimum Gasteiger partial charge on any atom is -0.380 e. The first kappa shape index (κ1) is 14.4. The van der Waals surface area contributed by atoms with Gasteiger partial charge in [0.05, 0.1) is 26.9 Å². The van der Waals surface area contributed by atoms with Crippen molar-refractivity contribution in [3.8, 4) is 0 Å². The normalized spacial score (nSPS) is 14.0. The summed E-state index contributed by atoms with van der Waals surface area (Å²) >= 11 is 0. The number of rotatable bonds is 5. The summed E-state index contributed by atoms with van der Waals surface area (Å²) in [5.41, 5.74) is -0.263. The van der Waals surface area contributed by atoms with Gasteiger partial charge in [0, 0.05) is 6.42 Å². The van der Waals surface area contributed by atoms with Gasteiger partial charge in [0.2, 0.25) is 0 Å². The molecule has 0 spiro atoms. The molecule has 6 heteroatoms. The summed E-state index contributed by atoms with van der Waals surface area (Å²) in [6, 6.07) is 3.09. The van der Waals surface area contributed by atoms with Crippen LogP contribution < -0.4 is 0 Å². The van der Waals surface area contributed by atoms with Crippen molar-refractivity contribution in [2.24, 2.45) is 0 Å². The predicted octanol–water partition coefficient (Wildman–Crippen LogP) is 2.44. The Labute approximate surface area is 129 Å². The fourth-order valence-electron chi connectivity index (χ4n) is 2.07. The van der Waals surface area contributed by atoms with E-state index in [4.69, 9.17) is 7.94 Å². The molecule has 0 amide bonds. The molecule has 0 aliphatic carbocycles. The first-order valence-corrected chi connectivity index (χ1v) is 6.64. The largest absolute Gasteiger partial charge is 0.380 e. The summed E-state index contributed by atoms with van der Waals surface area (Å²) in [5.74, 6) is -1.05. The van der Waals surface area contributed by atoms with Crippen molar-refractivity contribution in [1.29, 1.82) is 0 Å². The van der Waals surface area contributed by atoms with Crippen LogP contribution in [0, 0.1) is 19.3 Å². The lowest BCUT2D eigenvalue weighted by Crippen LogP contribution is -2.40. The molecule has 1 aromatic carbocycles. The molecule has 0 radical (unpaired) electrons. The van der Waals surface area contributed by atoms with Gasteiger partial charge in [0.1, 0.15) is 5.60 Å². The van der Waals surface area contributed by atoms with E-state index in [1.165, 1.54) is 13.0 Å². The van der Waals surface area contributed by atoms with Gasteiger partial charge in [0.25, 0.3) is 0 Å². The van der Waals surface area contributed by atoms with Crippen LogP contribution in [0.2, 0.25) is 0 Å². The molecule has 0 aliphatic rings. The average molecular weight is 303 g/mol. The summed E-state index contributed by atoms with van der Waals surface area (Å²) in [7, 11) is 0. The predicted molar refractivity (Wildman–Crippen MR) is 79.0 cm³/mol. The third-order valence-electron chi connectivity index (χ3n) is 3.33. The van der Waals surface area contributed by atoms with E-state index in [9.17, 15) is 14.3 Å². The lowest BCUT2D eigenvalue weighted by atomic mass is 9.94. The zero-order valence-corrected chi connectivity index (χ0v) is 12.3. The molecule has 2 rings (SSSR count). The van der Waals surface area contributed by atoms with E-state index in [1.54, 1.807) is 13.0 Å². The van der Waals surface area contributed by atoms with Crippen molar-refractivity contribution in [3.05, 3.63) is 58.9 Å². The first-order chi connectivity index (χ1) is 10.7. The van der Waals surface area contributed by atoms with Crippen LogP contribution in [-0.2, 0) is 17.8 Å². The highest BCUT2D eigenvalue weighted by Crippen LogP contribution is 2.21. The van der Waals surface area contributed by atoms with Gasteiger partial charge in [-0.2, -0.15) is 5.10 Å². The smallest absolute Gasteiger partial charge is 0.190 e. The van der Waals surface area contributed by atoms with Gasteiger partial charge in [-0.05, 0) is 25.0 Å². The summed E-state index contributed by atoms with van der Waals surface area (Å²) < 4.78 is 22.0. The Kier molecular flexibility index (Phi) is 3.98.